The van der Waals surface area contributed by atoms with Crippen LogP contribution in [0.5, 0.6) is 0 Å². The number of hydrogen-bond donors (Lipinski definition) is 0. The number of halogens is 1. The number of pyridine rings is 1. The number of carbonyl (C=O) groups is 1. The summed E-state index contributed by atoms with van der Waals surface area (Å²) in [4.78, 5) is 18.0. The first-order chi connectivity index (χ1) is 11.2. The first-order valence-electron chi connectivity index (χ1n) is 7.78. The Hall–Kier alpha value is -1.89. The number of nitrogens with zero attached hydrogens (tertiary/aromatic N) is 4. The third-order valence-corrected chi connectivity index (χ3v) is 4.44. The molecule has 0 bridgehead atoms. The number of ether oxygens (including phenoxy) is 1. The van der Waals surface area contributed by atoms with Crippen LogP contribution in [0, 0.1) is 0 Å². The minimum Gasteiger partial charge on any atom is -0.449 e. The number of aromatic nitrogens is 3. The van der Waals surface area contributed by atoms with Gasteiger partial charge in [0.25, 0.3) is 0 Å². The van der Waals surface area contributed by atoms with Gasteiger partial charge >= 0.3 is 6.09 Å². The van der Waals surface area contributed by atoms with Crippen molar-refractivity contribution in [2.24, 2.45) is 0 Å². The normalized spacial score (nSPS) is 13.7. The van der Waals surface area contributed by atoms with Gasteiger partial charge in [0.15, 0.2) is 0 Å². The number of fused-ring (bicyclic) bond motifs is 1. The summed E-state index contributed by atoms with van der Waals surface area (Å²) < 4.78 is 8.07. The SMILES string of the molecule is CCCCOC(=O)N1CCn2nc(Br)c(-c3ccncc3)c2C1. The summed E-state index contributed by atoms with van der Waals surface area (Å²) in [5, 5.41) is 4.53. The second-order valence-electron chi connectivity index (χ2n) is 5.46. The Labute approximate surface area is 143 Å². The van der Waals surface area contributed by atoms with Gasteiger partial charge in [-0.25, -0.2) is 4.79 Å². The second-order valence-corrected chi connectivity index (χ2v) is 6.21. The van der Waals surface area contributed by atoms with Gasteiger partial charge in [-0.1, -0.05) is 13.3 Å². The molecule has 0 radical (unpaired) electrons. The van der Waals surface area contributed by atoms with Crippen molar-refractivity contribution >= 4 is 22.0 Å². The molecule has 0 saturated carbocycles. The van der Waals surface area contributed by atoms with E-state index in [-0.39, 0.29) is 6.09 Å². The zero-order chi connectivity index (χ0) is 16.2. The lowest BCUT2D eigenvalue weighted by Gasteiger charge is -2.27. The van der Waals surface area contributed by atoms with Crippen LogP contribution in [0.2, 0.25) is 0 Å². The molecule has 6 nitrogen and oxygen atoms in total. The van der Waals surface area contributed by atoms with E-state index in [1.165, 1.54) is 0 Å². The fraction of sp³-hybridized carbons (Fsp3) is 0.438. The van der Waals surface area contributed by atoms with E-state index in [0.29, 0.717) is 26.2 Å². The van der Waals surface area contributed by atoms with Crippen LogP contribution < -0.4 is 0 Å². The number of rotatable bonds is 4. The summed E-state index contributed by atoms with van der Waals surface area (Å²) in [6.07, 6.45) is 5.17. The number of carbonyl (C=O) groups excluding carboxylic acids is 1. The first-order valence-corrected chi connectivity index (χ1v) is 8.57. The molecule has 0 saturated heterocycles. The quantitative estimate of drug-likeness (QED) is 0.764. The van der Waals surface area contributed by atoms with Gasteiger partial charge < -0.3 is 9.64 Å². The monoisotopic (exact) mass is 378 g/mol. The van der Waals surface area contributed by atoms with Gasteiger partial charge in [-0.05, 0) is 40.0 Å². The topological polar surface area (TPSA) is 60.2 Å². The van der Waals surface area contributed by atoms with Gasteiger partial charge in [-0.3, -0.25) is 9.67 Å². The van der Waals surface area contributed by atoms with Crippen LogP contribution in [-0.4, -0.2) is 38.9 Å². The third-order valence-electron chi connectivity index (χ3n) is 3.89. The highest BCUT2D eigenvalue weighted by molar-refractivity contribution is 9.10. The van der Waals surface area contributed by atoms with Crippen LogP contribution in [0.1, 0.15) is 25.5 Å². The summed E-state index contributed by atoms with van der Waals surface area (Å²) >= 11 is 3.54. The molecule has 122 valence electrons. The van der Waals surface area contributed by atoms with Crippen molar-refractivity contribution in [3.8, 4) is 11.1 Å². The molecule has 2 aromatic rings. The summed E-state index contributed by atoms with van der Waals surface area (Å²) in [5.41, 5.74) is 3.06. The highest BCUT2D eigenvalue weighted by Crippen LogP contribution is 2.33. The molecule has 1 amide bonds. The summed E-state index contributed by atoms with van der Waals surface area (Å²) in [5.74, 6) is 0. The average Bonchev–Trinajstić information content (AvgIpc) is 2.90. The van der Waals surface area contributed by atoms with Gasteiger partial charge in [0.05, 0.1) is 25.4 Å². The van der Waals surface area contributed by atoms with Crippen molar-refractivity contribution in [3.05, 3.63) is 34.8 Å². The Morgan fingerprint density at radius 2 is 2.13 bits per heavy atom. The summed E-state index contributed by atoms with van der Waals surface area (Å²) in [6.45, 7) is 4.34. The van der Waals surface area contributed by atoms with Crippen molar-refractivity contribution in [2.75, 3.05) is 13.2 Å². The van der Waals surface area contributed by atoms with E-state index in [9.17, 15) is 4.79 Å². The molecule has 1 aliphatic heterocycles. The van der Waals surface area contributed by atoms with Crippen molar-refractivity contribution in [2.45, 2.75) is 32.9 Å². The molecule has 0 aromatic carbocycles. The predicted octanol–water partition coefficient (Wildman–Crippen LogP) is 3.46. The van der Waals surface area contributed by atoms with E-state index in [4.69, 9.17) is 4.74 Å². The third kappa shape index (κ3) is 3.39. The fourth-order valence-corrected chi connectivity index (χ4v) is 3.29. The smallest absolute Gasteiger partial charge is 0.410 e. The van der Waals surface area contributed by atoms with E-state index in [1.54, 1.807) is 17.3 Å². The Morgan fingerprint density at radius 3 is 2.87 bits per heavy atom. The number of hydrogen-bond acceptors (Lipinski definition) is 4. The summed E-state index contributed by atoms with van der Waals surface area (Å²) in [6, 6.07) is 3.89. The Bertz CT molecular complexity index is 687. The van der Waals surface area contributed by atoms with Gasteiger partial charge in [0, 0.05) is 24.5 Å². The number of unbranched alkanes of at least 4 members (excludes halogenated alkanes) is 1. The molecule has 0 aliphatic carbocycles. The largest absolute Gasteiger partial charge is 0.449 e. The van der Waals surface area contributed by atoms with Gasteiger partial charge in [-0.2, -0.15) is 5.10 Å². The Morgan fingerprint density at radius 1 is 1.35 bits per heavy atom. The zero-order valence-electron chi connectivity index (χ0n) is 13.0. The second kappa shape index (κ2) is 7.12. The molecule has 0 unspecified atom stereocenters. The van der Waals surface area contributed by atoms with Crippen LogP contribution in [0.3, 0.4) is 0 Å². The molecule has 2 aromatic heterocycles. The zero-order valence-corrected chi connectivity index (χ0v) is 14.6. The maximum Gasteiger partial charge on any atom is 0.410 e. The molecule has 0 fully saturated rings. The van der Waals surface area contributed by atoms with Gasteiger partial charge in [0.1, 0.15) is 4.60 Å². The molecule has 23 heavy (non-hydrogen) atoms. The van der Waals surface area contributed by atoms with Crippen LogP contribution >= 0.6 is 15.9 Å². The molecular weight excluding hydrogens is 360 g/mol. The molecule has 3 rings (SSSR count). The molecule has 1 aliphatic rings. The fourth-order valence-electron chi connectivity index (χ4n) is 2.64. The van der Waals surface area contributed by atoms with Crippen LogP contribution in [-0.2, 0) is 17.8 Å². The van der Waals surface area contributed by atoms with Crippen LogP contribution in [0.4, 0.5) is 4.79 Å². The molecule has 7 heteroatoms. The lowest BCUT2D eigenvalue weighted by atomic mass is 10.1. The van der Waals surface area contributed by atoms with Crippen LogP contribution in [0.15, 0.2) is 29.1 Å². The van der Waals surface area contributed by atoms with E-state index in [1.807, 2.05) is 16.8 Å². The highest BCUT2D eigenvalue weighted by Gasteiger charge is 2.27. The lowest BCUT2D eigenvalue weighted by molar-refractivity contribution is 0.0905. The Kier molecular flexibility index (Phi) is 4.95. The van der Waals surface area contributed by atoms with Crippen molar-refractivity contribution < 1.29 is 9.53 Å². The van der Waals surface area contributed by atoms with Crippen molar-refractivity contribution in [1.29, 1.82) is 0 Å². The first kappa shape index (κ1) is 16.0. The molecule has 0 atom stereocenters. The van der Waals surface area contributed by atoms with E-state index in [2.05, 4.69) is 32.9 Å². The standard InChI is InChI=1S/C16H19BrN4O2/c1-2-3-10-23-16(22)20-8-9-21-13(11-20)14(15(17)19-21)12-4-6-18-7-5-12/h4-7H,2-3,8-11H2,1H3. The predicted molar refractivity (Wildman–Crippen MR) is 89.8 cm³/mol. The van der Waals surface area contributed by atoms with Gasteiger partial charge in [0.2, 0.25) is 0 Å². The van der Waals surface area contributed by atoms with E-state index < -0.39 is 0 Å². The maximum atomic E-state index is 12.2. The van der Waals surface area contributed by atoms with Crippen molar-refractivity contribution in [3.63, 3.8) is 0 Å². The van der Waals surface area contributed by atoms with Gasteiger partial charge in [-0.15, -0.1) is 0 Å². The van der Waals surface area contributed by atoms with E-state index in [0.717, 1.165) is 34.3 Å². The molecule has 0 spiro atoms. The molecular formula is C16H19BrN4O2. The van der Waals surface area contributed by atoms with Crippen molar-refractivity contribution in [1.82, 2.24) is 19.7 Å². The summed E-state index contributed by atoms with van der Waals surface area (Å²) in [7, 11) is 0. The number of amides is 1. The highest BCUT2D eigenvalue weighted by atomic mass is 79.9. The molecule has 0 N–H and O–H groups in total. The molecule has 3 heterocycles. The minimum atomic E-state index is -0.247. The average molecular weight is 379 g/mol. The maximum absolute atomic E-state index is 12.2. The minimum absolute atomic E-state index is 0.247. The van der Waals surface area contributed by atoms with Crippen LogP contribution in [0.25, 0.3) is 11.1 Å². The van der Waals surface area contributed by atoms with E-state index >= 15 is 0 Å². The lowest BCUT2D eigenvalue weighted by Crippen LogP contribution is -2.39. The Balaban J connectivity index is 1.81.